The van der Waals surface area contributed by atoms with Crippen LogP contribution in [0.15, 0.2) is 0 Å². The minimum absolute atomic E-state index is 0.0816. The van der Waals surface area contributed by atoms with Crippen LogP contribution in [0.25, 0.3) is 0 Å². The monoisotopic (exact) mass is 272 g/mol. The molecular weight excluding hydrogens is 244 g/mol. The van der Waals surface area contributed by atoms with Crippen molar-refractivity contribution in [3.8, 4) is 0 Å². The molecule has 0 aromatic carbocycles. The zero-order chi connectivity index (χ0) is 13.9. The Bertz CT molecular complexity index is 243. The van der Waals surface area contributed by atoms with Crippen molar-refractivity contribution in [2.45, 2.75) is 6.42 Å². The van der Waals surface area contributed by atoms with Gasteiger partial charge in [-0.1, -0.05) is 0 Å². The fraction of sp³-hybridized carbons (Fsp3) is 0.923. The first-order valence-corrected chi connectivity index (χ1v) is 7.11. The van der Waals surface area contributed by atoms with Crippen LogP contribution in [0.1, 0.15) is 6.42 Å². The number of rotatable bonds is 9. The number of morpholine rings is 1. The SMILES string of the molecule is CN(C)CCCNCC(=O)NCCN1CCOCC1. The summed E-state index contributed by atoms with van der Waals surface area (Å²) < 4.78 is 5.28. The minimum atomic E-state index is 0.0816. The van der Waals surface area contributed by atoms with Gasteiger partial charge in [0.25, 0.3) is 0 Å². The number of carbonyl (C=O) groups is 1. The normalized spacial score (nSPS) is 16.8. The Morgan fingerprint density at radius 2 is 2.00 bits per heavy atom. The van der Waals surface area contributed by atoms with Crippen molar-refractivity contribution in [2.75, 3.05) is 73.1 Å². The van der Waals surface area contributed by atoms with E-state index in [0.717, 1.165) is 58.9 Å². The van der Waals surface area contributed by atoms with Crippen molar-refractivity contribution in [2.24, 2.45) is 0 Å². The van der Waals surface area contributed by atoms with Crippen LogP contribution in [0.5, 0.6) is 0 Å². The smallest absolute Gasteiger partial charge is 0.234 e. The molecule has 6 heteroatoms. The second kappa shape index (κ2) is 10.1. The Labute approximate surface area is 116 Å². The predicted octanol–water partition coefficient (Wildman–Crippen LogP) is -1.02. The van der Waals surface area contributed by atoms with Crippen LogP contribution in [0.2, 0.25) is 0 Å². The Morgan fingerprint density at radius 1 is 1.26 bits per heavy atom. The fourth-order valence-electron chi connectivity index (χ4n) is 1.96. The number of carbonyl (C=O) groups excluding carboxylic acids is 1. The zero-order valence-corrected chi connectivity index (χ0v) is 12.3. The van der Waals surface area contributed by atoms with Gasteiger partial charge in [-0.15, -0.1) is 0 Å². The van der Waals surface area contributed by atoms with Crippen LogP contribution in [0, 0.1) is 0 Å². The summed E-state index contributed by atoms with van der Waals surface area (Å²) in [5, 5.41) is 6.09. The third kappa shape index (κ3) is 8.93. The van der Waals surface area contributed by atoms with Crippen molar-refractivity contribution < 1.29 is 9.53 Å². The summed E-state index contributed by atoms with van der Waals surface area (Å²) in [6.07, 6.45) is 1.06. The molecule has 1 amide bonds. The Hall–Kier alpha value is -0.690. The molecule has 1 saturated heterocycles. The number of hydrogen-bond donors (Lipinski definition) is 2. The molecule has 0 unspecified atom stereocenters. The highest BCUT2D eigenvalue weighted by molar-refractivity contribution is 5.77. The summed E-state index contributed by atoms with van der Waals surface area (Å²) in [6.45, 7) is 7.53. The molecule has 2 N–H and O–H groups in total. The second-order valence-corrected chi connectivity index (χ2v) is 5.14. The van der Waals surface area contributed by atoms with E-state index in [-0.39, 0.29) is 5.91 Å². The lowest BCUT2D eigenvalue weighted by molar-refractivity contribution is -0.120. The lowest BCUT2D eigenvalue weighted by atomic mass is 10.4. The van der Waals surface area contributed by atoms with Crippen LogP contribution in [-0.4, -0.2) is 88.8 Å². The molecule has 1 aliphatic heterocycles. The average Bonchev–Trinajstić information content (AvgIpc) is 2.39. The number of hydrogen-bond acceptors (Lipinski definition) is 5. The number of amides is 1. The Kier molecular flexibility index (Phi) is 8.73. The maximum Gasteiger partial charge on any atom is 0.234 e. The van der Waals surface area contributed by atoms with Gasteiger partial charge in [-0.05, 0) is 33.6 Å². The van der Waals surface area contributed by atoms with Gasteiger partial charge in [0.05, 0.1) is 19.8 Å². The Balaban J connectivity index is 1.90. The zero-order valence-electron chi connectivity index (χ0n) is 12.3. The van der Waals surface area contributed by atoms with Gasteiger partial charge in [0, 0.05) is 26.2 Å². The predicted molar refractivity (Wildman–Crippen MR) is 76.3 cm³/mol. The molecule has 0 bridgehead atoms. The summed E-state index contributed by atoms with van der Waals surface area (Å²) in [5.41, 5.74) is 0. The summed E-state index contributed by atoms with van der Waals surface area (Å²) >= 11 is 0. The number of ether oxygens (including phenoxy) is 1. The molecule has 6 nitrogen and oxygen atoms in total. The van der Waals surface area contributed by atoms with Gasteiger partial charge in [0.1, 0.15) is 0 Å². The van der Waals surface area contributed by atoms with Crippen LogP contribution < -0.4 is 10.6 Å². The van der Waals surface area contributed by atoms with Gasteiger partial charge in [0.2, 0.25) is 5.91 Å². The first-order valence-electron chi connectivity index (χ1n) is 7.11. The lowest BCUT2D eigenvalue weighted by Crippen LogP contribution is -2.43. The molecule has 1 heterocycles. The van der Waals surface area contributed by atoms with E-state index in [1.165, 1.54) is 0 Å². The van der Waals surface area contributed by atoms with Gasteiger partial charge in [-0.25, -0.2) is 0 Å². The summed E-state index contributed by atoms with van der Waals surface area (Å²) in [5.74, 6) is 0.0816. The second-order valence-electron chi connectivity index (χ2n) is 5.14. The maximum atomic E-state index is 11.6. The molecule has 0 aliphatic carbocycles. The number of nitrogens with one attached hydrogen (secondary N) is 2. The van der Waals surface area contributed by atoms with E-state index >= 15 is 0 Å². The third-order valence-corrected chi connectivity index (χ3v) is 3.10. The Morgan fingerprint density at radius 3 is 2.68 bits per heavy atom. The van der Waals surface area contributed by atoms with Gasteiger partial charge in [-0.2, -0.15) is 0 Å². The van der Waals surface area contributed by atoms with E-state index in [0.29, 0.717) is 6.54 Å². The largest absolute Gasteiger partial charge is 0.379 e. The lowest BCUT2D eigenvalue weighted by Gasteiger charge is -2.26. The minimum Gasteiger partial charge on any atom is -0.379 e. The first-order chi connectivity index (χ1) is 9.18. The first kappa shape index (κ1) is 16.4. The van der Waals surface area contributed by atoms with Crippen molar-refractivity contribution in [3.05, 3.63) is 0 Å². The molecule has 0 aromatic heterocycles. The third-order valence-electron chi connectivity index (χ3n) is 3.10. The van der Waals surface area contributed by atoms with Crippen LogP contribution in [-0.2, 0) is 9.53 Å². The van der Waals surface area contributed by atoms with E-state index in [2.05, 4.69) is 34.5 Å². The highest BCUT2D eigenvalue weighted by Gasteiger charge is 2.09. The summed E-state index contributed by atoms with van der Waals surface area (Å²) in [6, 6.07) is 0. The van der Waals surface area contributed by atoms with Crippen LogP contribution in [0.4, 0.5) is 0 Å². The van der Waals surface area contributed by atoms with Gasteiger partial charge in [-0.3, -0.25) is 9.69 Å². The molecule has 19 heavy (non-hydrogen) atoms. The standard InChI is InChI=1S/C13H28N4O2/c1-16(2)6-3-4-14-12-13(18)15-5-7-17-8-10-19-11-9-17/h14H,3-12H2,1-2H3,(H,15,18). The average molecular weight is 272 g/mol. The van der Waals surface area contributed by atoms with Crippen LogP contribution >= 0.6 is 0 Å². The van der Waals surface area contributed by atoms with E-state index in [9.17, 15) is 4.79 Å². The quantitative estimate of drug-likeness (QED) is 0.526. The molecule has 112 valence electrons. The van der Waals surface area contributed by atoms with Gasteiger partial charge < -0.3 is 20.3 Å². The highest BCUT2D eigenvalue weighted by Crippen LogP contribution is 1.94. The molecule has 0 radical (unpaired) electrons. The molecule has 0 spiro atoms. The molecule has 1 rings (SSSR count). The number of nitrogens with zero attached hydrogens (tertiary/aromatic N) is 2. The molecule has 1 fully saturated rings. The van der Waals surface area contributed by atoms with Gasteiger partial charge in [0.15, 0.2) is 0 Å². The summed E-state index contributed by atoms with van der Waals surface area (Å²) in [4.78, 5) is 16.0. The van der Waals surface area contributed by atoms with E-state index in [1.54, 1.807) is 0 Å². The van der Waals surface area contributed by atoms with E-state index < -0.39 is 0 Å². The fourth-order valence-corrected chi connectivity index (χ4v) is 1.96. The topological polar surface area (TPSA) is 56.8 Å². The van der Waals surface area contributed by atoms with Gasteiger partial charge >= 0.3 is 0 Å². The molecule has 1 aliphatic rings. The van der Waals surface area contributed by atoms with Crippen molar-refractivity contribution >= 4 is 5.91 Å². The molecule has 0 atom stereocenters. The molecular formula is C13H28N4O2. The van der Waals surface area contributed by atoms with E-state index in [4.69, 9.17) is 4.74 Å². The summed E-state index contributed by atoms with van der Waals surface area (Å²) in [7, 11) is 4.11. The van der Waals surface area contributed by atoms with Crippen molar-refractivity contribution in [3.63, 3.8) is 0 Å². The molecule has 0 saturated carbocycles. The van der Waals surface area contributed by atoms with Crippen molar-refractivity contribution in [1.82, 2.24) is 20.4 Å². The van der Waals surface area contributed by atoms with E-state index in [1.807, 2.05) is 0 Å². The molecule has 0 aromatic rings. The van der Waals surface area contributed by atoms with Crippen LogP contribution in [0.3, 0.4) is 0 Å². The highest BCUT2D eigenvalue weighted by atomic mass is 16.5. The maximum absolute atomic E-state index is 11.6. The van der Waals surface area contributed by atoms with Crippen molar-refractivity contribution in [1.29, 1.82) is 0 Å².